The topological polar surface area (TPSA) is 105 Å². The molecular formula is C21H25N3O6S. The summed E-state index contributed by atoms with van der Waals surface area (Å²) in [5.41, 5.74) is -0.248. The summed E-state index contributed by atoms with van der Waals surface area (Å²) >= 11 is 0. The van der Waals surface area contributed by atoms with Gasteiger partial charge in [0.05, 0.1) is 25.7 Å². The molecule has 3 amide bonds. The molecule has 0 spiro atoms. The first-order valence-electron chi connectivity index (χ1n) is 9.42. The van der Waals surface area contributed by atoms with Crippen molar-refractivity contribution in [2.24, 2.45) is 0 Å². The summed E-state index contributed by atoms with van der Waals surface area (Å²) < 4.78 is 36.4. The molecule has 0 unspecified atom stereocenters. The largest absolute Gasteiger partial charge is 0.493 e. The standard InChI is InChI=1S/C21H25N3O6S/c1-21(15-9-10-17(29-4)18(12-15)30-5)19(25)24(20(26)22-21)13-14-7-6-8-16(11-14)31(27,28)23(2)3/h6-12H,13H2,1-5H3,(H,22,26)/t21-/m0/s1. The Kier molecular flexibility index (Phi) is 5.97. The predicted molar refractivity (Wildman–Crippen MR) is 113 cm³/mol. The van der Waals surface area contributed by atoms with Crippen molar-refractivity contribution >= 4 is 22.0 Å². The van der Waals surface area contributed by atoms with Crippen LogP contribution in [0.4, 0.5) is 4.79 Å². The van der Waals surface area contributed by atoms with Crippen molar-refractivity contribution in [1.82, 2.24) is 14.5 Å². The second kappa shape index (κ2) is 8.20. The number of urea groups is 1. The van der Waals surface area contributed by atoms with Gasteiger partial charge in [-0.1, -0.05) is 18.2 Å². The summed E-state index contributed by atoms with van der Waals surface area (Å²) in [4.78, 5) is 27.0. The molecule has 10 heteroatoms. The molecule has 9 nitrogen and oxygen atoms in total. The monoisotopic (exact) mass is 447 g/mol. The van der Waals surface area contributed by atoms with E-state index in [1.54, 1.807) is 37.3 Å². The van der Waals surface area contributed by atoms with E-state index in [9.17, 15) is 18.0 Å². The highest BCUT2D eigenvalue weighted by Gasteiger charge is 2.49. The molecule has 1 aliphatic heterocycles. The quantitative estimate of drug-likeness (QED) is 0.650. The molecular weight excluding hydrogens is 422 g/mol. The van der Waals surface area contributed by atoms with Gasteiger partial charge in [-0.2, -0.15) is 0 Å². The third kappa shape index (κ3) is 3.96. The van der Waals surface area contributed by atoms with Gasteiger partial charge in [-0.15, -0.1) is 0 Å². The summed E-state index contributed by atoms with van der Waals surface area (Å²) in [6, 6.07) is 10.6. The van der Waals surface area contributed by atoms with E-state index < -0.39 is 27.5 Å². The Hall–Kier alpha value is -3.11. The van der Waals surface area contributed by atoms with Gasteiger partial charge in [-0.25, -0.2) is 17.5 Å². The molecule has 1 atom stereocenters. The Morgan fingerprint density at radius 3 is 2.32 bits per heavy atom. The van der Waals surface area contributed by atoms with Crippen LogP contribution in [-0.4, -0.2) is 57.9 Å². The summed E-state index contributed by atoms with van der Waals surface area (Å²) in [5.74, 6) is 0.483. The van der Waals surface area contributed by atoms with Crippen molar-refractivity contribution in [3.05, 3.63) is 53.6 Å². The number of carbonyl (C=O) groups is 2. The molecule has 2 aromatic carbocycles. The average molecular weight is 448 g/mol. The number of methoxy groups -OCH3 is 2. The van der Waals surface area contributed by atoms with Crippen LogP contribution in [0.15, 0.2) is 47.4 Å². The number of nitrogens with one attached hydrogen (secondary N) is 1. The Morgan fingerprint density at radius 2 is 1.71 bits per heavy atom. The minimum atomic E-state index is -3.64. The van der Waals surface area contributed by atoms with Gasteiger partial charge in [-0.05, 0) is 42.3 Å². The zero-order valence-electron chi connectivity index (χ0n) is 18.0. The van der Waals surface area contributed by atoms with E-state index in [2.05, 4.69) is 5.32 Å². The lowest BCUT2D eigenvalue weighted by molar-refractivity contribution is -0.131. The summed E-state index contributed by atoms with van der Waals surface area (Å²) in [7, 11) is 2.23. The van der Waals surface area contributed by atoms with Gasteiger partial charge in [0.2, 0.25) is 10.0 Å². The predicted octanol–water partition coefficient (Wildman–Crippen LogP) is 1.92. The van der Waals surface area contributed by atoms with E-state index >= 15 is 0 Å². The van der Waals surface area contributed by atoms with Gasteiger partial charge in [0.1, 0.15) is 5.54 Å². The lowest BCUT2D eigenvalue weighted by Gasteiger charge is -2.23. The van der Waals surface area contributed by atoms with Crippen molar-refractivity contribution in [2.75, 3.05) is 28.3 Å². The number of ether oxygens (including phenoxy) is 2. The van der Waals surface area contributed by atoms with Crippen LogP contribution in [0.2, 0.25) is 0 Å². The van der Waals surface area contributed by atoms with Crippen molar-refractivity contribution in [2.45, 2.75) is 23.9 Å². The molecule has 1 N–H and O–H groups in total. The zero-order valence-corrected chi connectivity index (χ0v) is 18.8. The van der Waals surface area contributed by atoms with Crippen molar-refractivity contribution < 1.29 is 27.5 Å². The maximum Gasteiger partial charge on any atom is 0.325 e. The molecule has 2 aromatic rings. The number of nitrogens with zero attached hydrogens (tertiary/aromatic N) is 2. The Balaban J connectivity index is 1.91. The van der Waals surface area contributed by atoms with E-state index in [0.717, 1.165) is 9.21 Å². The van der Waals surface area contributed by atoms with Gasteiger partial charge >= 0.3 is 6.03 Å². The molecule has 0 aromatic heterocycles. The SMILES string of the molecule is COc1ccc([C@]2(C)NC(=O)N(Cc3cccc(S(=O)(=O)N(C)C)c3)C2=O)cc1OC. The highest BCUT2D eigenvalue weighted by molar-refractivity contribution is 7.89. The van der Waals surface area contributed by atoms with Crippen LogP contribution in [-0.2, 0) is 26.9 Å². The minimum absolute atomic E-state index is 0.0651. The summed E-state index contributed by atoms with van der Waals surface area (Å²) in [6.45, 7) is 1.55. The molecule has 31 heavy (non-hydrogen) atoms. The first kappa shape index (κ1) is 22.6. The van der Waals surface area contributed by atoms with Gasteiger partial charge in [0.15, 0.2) is 11.5 Å². The highest BCUT2D eigenvalue weighted by atomic mass is 32.2. The molecule has 1 fully saturated rings. The second-order valence-electron chi connectivity index (χ2n) is 7.45. The van der Waals surface area contributed by atoms with E-state index in [1.807, 2.05) is 0 Å². The van der Waals surface area contributed by atoms with Crippen LogP contribution in [0, 0.1) is 0 Å². The van der Waals surface area contributed by atoms with Crippen LogP contribution in [0.1, 0.15) is 18.1 Å². The number of carbonyl (C=O) groups excluding carboxylic acids is 2. The first-order valence-corrected chi connectivity index (χ1v) is 10.9. The number of sulfonamides is 1. The second-order valence-corrected chi connectivity index (χ2v) is 9.60. The van der Waals surface area contributed by atoms with Crippen LogP contribution >= 0.6 is 0 Å². The number of hydrogen-bond donors (Lipinski definition) is 1. The molecule has 1 aliphatic rings. The van der Waals surface area contributed by atoms with Crippen molar-refractivity contribution in [3.63, 3.8) is 0 Å². The number of amides is 3. The Morgan fingerprint density at radius 1 is 1.03 bits per heavy atom. The number of rotatable bonds is 7. The van der Waals surface area contributed by atoms with E-state index in [4.69, 9.17) is 9.47 Å². The van der Waals surface area contributed by atoms with E-state index in [1.165, 1.54) is 40.4 Å². The van der Waals surface area contributed by atoms with Crippen molar-refractivity contribution in [1.29, 1.82) is 0 Å². The Bertz CT molecular complexity index is 1130. The molecule has 0 aliphatic carbocycles. The van der Waals surface area contributed by atoms with Crippen LogP contribution in [0.3, 0.4) is 0 Å². The maximum absolute atomic E-state index is 13.2. The van der Waals surface area contributed by atoms with Gasteiger partial charge in [0.25, 0.3) is 5.91 Å². The van der Waals surface area contributed by atoms with Gasteiger partial charge in [-0.3, -0.25) is 9.69 Å². The third-order valence-electron chi connectivity index (χ3n) is 5.25. The zero-order chi connectivity index (χ0) is 23.0. The number of benzene rings is 2. The minimum Gasteiger partial charge on any atom is -0.493 e. The molecule has 0 saturated carbocycles. The normalized spacial score (nSPS) is 19.0. The van der Waals surface area contributed by atoms with Crippen LogP contribution in [0.5, 0.6) is 11.5 Å². The van der Waals surface area contributed by atoms with Gasteiger partial charge in [0, 0.05) is 14.1 Å². The number of imide groups is 1. The molecule has 166 valence electrons. The summed E-state index contributed by atoms with van der Waals surface area (Å²) in [5, 5.41) is 2.73. The number of hydrogen-bond acceptors (Lipinski definition) is 6. The molecule has 1 saturated heterocycles. The molecule has 1 heterocycles. The van der Waals surface area contributed by atoms with Gasteiger partial charge < -0.3 is 14.8 Å². The molecule has 3 rings (SSSR count). The fraction of sp³-hybridized carbons (Fsp3) is 0.333. The van der Waals surface area contributed by atoms with E-state index in [-0.39, 0.29) is 11.4 Å². The smallest absolute Gasteiger partial charge is 0.325 e. The lowest BCUT2D eigenvalue weighted by Crippen LogP contribution is -2.40. The lowest BCUT2D eigenvalue weighted by atomic mass is 9.91. The third-order valence-corrected chi connectivity index (χ3v) is 7.06. The van der Waals surface area contributed by atoms with Crippen LogP contribution < -0.4 is 14.8 Å². The fourth-order valence-electron chi connectivity index (χ4n) is 3.38. The van der Waals surface area contributed by atoms with Crippen molar-refractivity contribution in [3.8, 4) is 11.5 Å². The Labute approximate surface area is 181 Å². The highest BCUT2D eigenvalue weighted by Crippen LogP contribution is 2.35. The maximum atomic E-state index is 13.2. The summed E-state index contributed by atoms with van der Waals surface area (Å²) in [6.07, 6.45) is 0. The fourth-order valence-corrected chi connectivity index (χ4v) is 4.35. The van der Waals surface area contributed by atoms with E-state index in [0.29, 0.717) is 22.6 Å². The van der Waals surface area contributed by atoms with Crippen LogP contribution in [0.25, 0.3) is 0 Å². The average Bonchev–Trinajstić information content (AvgIpc) is 2.97. The molecule has 0 radical (unpaired) electrons. The molecule has 0 bridgehead atoms. The first-order chi connectivity index (χ1) is 14.5.